The van der Waals surface area contributed by atoms with Crippen LogP contribution in [-0.4, -0.2) is 49.8 Å². The summed E-state index contributed by atoms with van der Waals surface area (Å²) < 4.78 is 8.75. The van der Waals surface area contributed by atoms with Gasteiger partial charge in [0.25, 0.3) is 0 Å². The molecule has 0 amide bonds. The minimum Gasteiger partial charge on any atom is -0.359 e. The summed E-state index contributed by atoms with van der Waals surface area (Å²) in [5.74, 6) is -4.17. The van der Waals surface area contributed by atoms with Crippen molar-refractivity contribution in [2.75, 3.05) is 0 Å². The molecule has 21 aromatic rings. The molecule has 14 heteroatoms. The van der Waals surface area contributed by atoms with Gasteiger partial charge < -0.3 is 15.1 Å². The molecule has 0 fully saturated rings. The Morgan fingerprint density at radius 2 is 0.521 bits per heavy atom. The zero-order valence-corrected chi connectivity index (χ0v) is 53.5. The highest BCUT2D eigenvalue weighted by Gasteiger charge is 2.93. The number of ether oxygens (including phenoxy) is 1. The molecule has 0 unspecified atom stereocenters. The van der Waals surface area contributed by atoms with E-state index in [9.17, 15) is 5.21 Å². The lowest BCUT2D eigenvalue weighted by Crippen LogP contribution is -2.82. The predicted octanol–water partition coefficient (Wildman–Crippen LogP) is 17.5. The van der Waals surface area contributed by atoms with Gasteiger partial charge in [0, 0.05) is 61.2 Å². The van der Waals surface area contributed by atoms with E-state index >= 15 is 5.11 Å². The minimum absolute atomic E-state index is 0.286. The standard InChI is InChI=1S/C80H49NO13/c1-69(2,3)85-90-74-56-46-36-26-21-16-17-19-20-18(16)23-30-28(21)38(36)48-50-40(30)42-32(23)34-25(20)35-33-24(19)31-29-22(17)27(26)37-39(29)49-51-41(31)43(33)53-55-45(35)44(34)54-52(42)62-60(50)75(58(48)56,91-86-70(4,5)6)67-66(74)68-76(92-87-71(7,8)9,59(49)57(74)47(37)46)61(51)63(53)78(94-89-73(13,14)15)65(55)64(54)77(62,93-88-72(10,11)12)79(67,81-83)84-80(68,78)82/h67,81-83H,1-15H3/t67-,74-,75+,76-,77+,78-,79-,80+/m0/s1. The Bertz CT molecular complexity index is 7550. The van der Waals surface area contributed by atoms with Crippen LogP contribution in [0.25, 0.3) is 215 Å². The highest BCUT2D eigenvalue weighted by molar-refractivity contribution is 6.77. The summed E-state index contributed by atoms with van der Waals surface area (Å²) in [5, 5.41) is 79.2. The summed E-state index contributed by atoms with van der Waals surface area (Å²) >= 11 is 0. The van der Waals surface area contributed by atoms with Gasteiger partial charge in [0.2, 0.25) is 17.0 Å². The number of aliphatic hydroxyl groups is 1. The lowest BCUT2D eigenvalue weighted by atomic mass is 9.45. The number of fused-ring (bicyclic) bond motifs is 5. The zero-order chi connectivity index (χ0) is 62.1. The molecule has 14 nitrogen and oxygen atoms in total. The van der Waals surface area contributed by atoms with Gasteiger partial charge in [0.05, 0.1) is 33.9 Å². The highest BCUT2D eigenvalue weighted by atomic mass is 17.2. The predicted molar refractivity (Wildman–Crippen MR) is 356 cm³/mol. The van der Waals surface area contributed by atoms with E-state index in [0.29, 0.717) is 22.3 Å². The van der Waals surface area contributed by atoms with E-state index in [1.165, 1.54) is 140 Å². The molecule has 1 heterocycles. The van der Waals surface area contributed by atoms with Crippen molar-refractivity contribution in [2.45, 2.75) is 171 Å². The van der Waals surface area contributed by atoms with Crippen molar-refractivity contribution < 1.29 is 63.9 Å². The van der Waals surface area contributed by atoms with Crippen LogP contribution in [0.3, 0.4) is 0 Å². The summed E-state index contributed by atoms with van der Waals surface area (Å²) in [6, 6.07) is 0. The molecule has 3 N–H and O–H groups in total. The van der Waals surface area contributed by atoms with Crippen LogP contribution in [0, 0.1) is 5.92 Å². The van der Waals surface area contributed by atoms with Crippen LogP contribution in [0.1, 0.15) is 159 Å². The van der Waals surface area contributed by atoms with Crippen molar-refractivity contribution in [1.82, 2.24) is 5.48 Å². The Hall–Kier alpha value is -7.32. The molecule has 0 radical (unpaired) electrons. The fourth-order valence-corrected chi connectivity index (χ4v) is 26.4. The molecule has 10 aliphatic rings. The maximum Gasteiger partial charge on any atom is 0.236 e. The summed E-state index contributed by atoms with van der Waals surface area (Å²) in [5.41, 5.74) is -5.28. The molecule has 0 saturated heterocycles. The fourth-order valence-electron chi connectivity index (χ4n) is 26.4. The van der Waals surface area contributed by atoms with Gasteiger partial charge in [-0.2, -0.15) is 5.48 Å². The van der Waals surface area contributed by atoms with Gasteiger partial charge in [-0.3, -0.25) is 0 Å². The van der Waals surface area contributed by atoms with Gasteiger partial charge in [-0.25, -0.2) is 48.9 Å². The van der Waals surface area contributed by atoms with E-state index < -0.39 is 73.4 Å². The Morgan fingerprint density at radius 1 is 0.287 bits per heavy atom. The van der Waals surface area contributed by atoms with Crippen LogP contribution in [0.5, 0.6) is 0 Å². The quantitative estimate of drug-likeness (QED) is 0.0487. The van der Waals surface area contributed by atoms with E-state index in [4.69, 9.17) is 53.6 Å². The van der Waals surface area contributed by atoms with Crippen molar-refractivity contribution in [1.29, 1.82) is 0 Å². The lowest BCUT2D eigenvalue weighted by Gasteiger charge is -2.69. The van der Waals surface area contributed by atoms with Crippen molar-refractivity contribution in [2.24, 2.45) is 5.92 Å². The zero-order valence-electron chi connectivity index (χ0n) is 53.5. The molecule has 8 atom stereocenters. The molecular formula is C80H49NO13. The SMILES string of the molecule is CC(C)(C)OO[C@]12C3=C4[C@]5(OOC(C)(C)C)c6c1c1c7c2c2c8c9c%10c%11c%12c%13c%14c%15c%16c%17c(c5c5c6c6c1c1c%18c7c8c7c8c9c%12c9c%12c%13c%16c%13c%16c%17c5c5c6c1c1c(c%187)c(c89)c(c%12%13)c1c5%16)[C@@]%15(OOC(C)(C)C)[C@]4(O)O[C@@](NO)([C@@H]3[C@@]2%10OOC(C)(C)C)[C@@]%11%14OOC(C)(C)C. The maximum atomic E-state index is 16.9. The van der Waals surface area contributed by atoms with E-state index in [0.717, 1.165) is 114 Å². The number of rotatable bonds is 11. The first-order chi connectivity index (χ1) is 44.6. The van der Waals surface area contributed by atoms with Gasteiger partial charge >= 0.3 is 0 Å². The van der Waals surface area contributed by atoms with Crippen molar-refractivity contribution in [3.63, 3.8) is 0 Å². The van der Waals surface area contributed by atoms with Crippen LogP contribution in [-0.2, 0) is 81.6 Å². The molecule has 0 bridgehead atoms. The number of benzene rings is 15. The average Bonchev–Trinajstić information content (AvgIpc) is 1.37. The van der Waals surface area contributed by atoms with E-state index in [1.54, 1.807) is 0 Å². The smallest absolute Gasteiger partial charge is 0.236 e. The van der Waals surface area contributed by atoms with Gasteiger partial charge in [0.1, 0.15) is 0 Å². The molecule has 0 saturated carbocycles. The molecule has 0 spiro atoms. The van der Waals surface area contributed by atoms with Crippen LogP contribution < -0.4 is 5.48 Å². The summed E-state index contributed by atoms with van der Waals surface area (Å²) in [4.78, 5) is 77.4. The van der Waals surface area contributed by atoms with Crippen molar-refractivity contribution >= 4 is 215 Å². The monoisotopic (exact) mass is 1230 g/mol. The number of hydrogen-bond donors (Lipinski definition) is 3. The summed E-state index contributed by atoms with van der Waals surface area (Å²) in [6.45, 7) is 30.1. The molecule has 9 aliphatic carbocycles. The molecular weight excluding hydrogens is 1180 g/mol. The molecule has 0 aromatic heterocycles. The highest BCUT2D eigenvalue weighted by Crippen LogP contribution is 2.91. The van der Waals surface area contributed by atoms with Crippen LogP contribution in [0.15, 0.2) is 11.1 Å². The van der Waals surface area contributed by atoms with E-state index in [2.05, 4.69) is 5.48 Å². The molecule has 21 aromatic carbocycles. The Kier molecular flexibility index (Phi) is 5.50. The molecule has 1 aliphatic heterocycles. The third-order valence-corrected chi connectivity index (χ3v) is 27.1. The lowest BCUT2D eigenvalue weighted by molar-refractivity contribution is -0.510. The van der Waals surface area contributed by atoms with E-state index in [1.807, 2.05) is 104 Å². The third-order valence-electron chi connectivity index (χ3n) is 27.1. The first-order valence-corrected chi connectivity index (χ1v) is 33.8. The number of nitrogens with one attached hydrogen (secondary N) is 1. The van der Waals surface area contributed by atoms with Gasteiger partial charge in [-0.1, -0.05) is 0 Å². The third kappa shape index (κ3) is 3.17. The maximum absolute atomic E-state index is 16.9. The van der Waals surface area contributed by atoms with Gasteiger partial charge in [-0.05, 0) is 325 Å². The first-order valence-electron chi connectivity index (χ1n) is 33.8. The normalized spacial score (nSPS) is 30.5. The second-order valence-electron chi connectivity index (χ2n) is 36.4. The summed E-state index contributed by atoms with van der Waals surface area (Å²) in [7, 11) is 0. The second-order valence-corrected chi connectivity index (χ2v) is 36.4. The Balaban J connectivity index is 1.05. The number of hydrogen-bond acceptors (Lipinski definition) is 14. The Labute approximate surface area is 526 Å². The first kappa shape index (κ1) is 46.7. The van der Waals surface area contributed by atoms with Gasteiger partial charge in [-0.15, -0.1) is 0 Å². The Morgan fingerprint density at radius 3 is 0.883 bits per heavy atom. The van der Waals surface area contributed by atoms with Crippen molar-refractivity contribution in [3.05, 3.63) is 66.8 Å². The number of hydroxylamine groups is 1. The summed E-state index contributed by atoms with van der Waals surface area (Å²) in [6.07, 6.45) is 0. The molecule has 31 rings (SSSR count). The molecule has 94 heavy (non-hydrogen) atoms. The van der Waals surface area contributed by atoms with Crippen molar-refractivity contribution in [3.8, 4) is 0 Å². The largest absolute Gasteiger partial charge is 0.359 e. The van der Waals surface area contributed by atoms with E-state index in [-0.39, 0.29) is 5.57 Å². The second kappa shape index (κ2) is 11.1. The van der Waals surface area contributed by atoms with Gasteiger partial charge in [0.15, 0.2) is 22.5 Å². The average molecular weight is 1230 g/mol. The topological polar surface area (TPSA) is 154 Å². The minimum atomic E-state index is -2.81. The van der Waals surface area contributed by atoms with Crippen LogP contribution in [0.4, 0.5) is 0 Å². The van der Waals surface area contributed by atoms with Crippen LogP contribution in [0.2, 0.25) is 0 Å². The van der Waals surface area contributed by atoms with Crippen LogP contribution >= 0.6 is 0 Å². The fraction of sp³-hybridized carbons (Fsp3) is 0.350. The molecule has 452 valence electrons.